The van der Waals surface area contributed by atoms with E-state index in [-0.39, 0.29) is 11.7 Å². The number of benzene rings is 1. The molecule has 5 heteroatoms. The van der Waals surface area contributed by atoms with Gasteiger partial charge in [0.25, 0.3) is 0 Å². The van der Waals surface area contributed by atoms with Crippen molar-refractivity contribution < 1.29 is 13.2 Å². The molecule has 1 N–H and O–H groups in total. The molecule has 1 nitrogen and oxygen atoms in total. The Balaban J connectivity index is 2.28. The Morgan fingerprint density at radius 3 is 2.56 bits per heavy atom. The lowest BCUT2D eigenvalue weighted by atomic mass is 10.0. The second-order valence-electron chi connectivity index (χ2n) is 4.85. The van der Waals surface area contributed by atoms with Gasteiger partial charge in [0.15, 0.2) is 0 Å². The van der Waals surface area contributed by atoms with Gasteiger partial charge in [-0.2, -0.15) is 13.2 Å². The zero-order chi connectivity index (χ0) is 13.3. The molecule has 1 aromatic rings. The lowest BCUT2D eigenvalue weighted by molar-refractivity contribution is -0.137. The van der Waals surface area contributed by atoms with Crippen LogP contribution in [0.1, 0.15) is 31.7 Å². The predicted molar refractivity (Wildman–Crippen MR) is 69.6 cm³/mol. The highest BCUT2D eigenvalue weighted by atomic mass is 79.9. The summed E-state index contributed by atoms with van der Waals surface area (Å²) in [5.74, 6) is 0.421. The van der Waals surface area contributed by atoms with Gasteiger partial charge in [0, 0.05) is 16.2 Å². The summed E-state index contributed by atoms with van der Waals surface area (Å²) in [6, 6.07) is 4.19. The van der Waals surface area contributed by atoms with Crippen LogP contribution in [0.5, 0.6) is 0 Å². The van der Waals surface area contributed by atoms with Gasteiger partial charge < -0.3 is 5.32 Å². The van der Waals surface area contributed by atoms with Crippen molar-refractivity contribution in [1.29, 1.82) is 0 Å². The summed E-state index contributed by atoms with van der Waals surface area (Å²) in [6.45, 7) is 2.08. The molecule has 2 rings (SSSR count). The highest BCUT2D eigenvalue weighted by Crippen LogP contribution is 2.38. The van der Waals surface area contributed by atoms with Crippen LogP contribution in [0.3, 0.4) is 0 Å². The molecule has 0 aliphatic heterocycles. The molecule has 100 valence electrons. The molecule has 1 aromatic carbocycles. The van der Waals surface area contributed by atoms with Crippen molar-refractivity contribution in [3.8, 4) is 0 Å². The summed E-state index contributed by atoms with van der Waals surface area (Å²) in [4.78, 5) is 0. The summed E-state index contributed by atoms with van der Waals surface area (Å²) in [5.41, 5.74) is -0.416. The van der Waals surface area contributed by atoms with Crippen LogP contribution >= 0.6 is 15.9 Å². The minimum Gasteiger partial charge on any atom is -0.382 e. The Morgan fingerprint density at radius 2 is 2.00 bits per heavy atom. The fraction of sp³-hybridized carbons (Fsp3) is 0.538. The summed E-state index contributed by atoms with van der Waals surface area (Å²) < 4.78 is 39.3. The summed E-state index contributed by atoms with van der Waals surface area (Å²) in [7, 11) is 0. The molecule has 0 heterocycles. The van der Waals surface area contributed by atoms with Crippen LogP contribution in [0, 0.1) is 5.92 Å². The van der Waals surface area contributed by atoms with Gasteiger partial charge in [-0.3, -0.25) is 0 Å². The summed E-state index contributed by atoms with van der Waals surface area (Å²) >= 11 is 3.22. The van der Waals surface area contributed by atoms with E-state index in [1.807, 2.05) is 0 Å². The van der Waals surface area contributed by atoms with E-state index in [4.69, 9.17) is 0 Å². The van der Waals surface area contributed by atoms with E-state index in [1.165, 1.54) is 12.1 Å². The first-order valence-electron chi connectivity index (χ1n) is 6.01. The molecule has 1 aliphatic carbocycles. The zero-order valence-corrected chi connectivity index (χ0v) is 11.6. The molecule has 0 amide bonds. The second kappa shape index (κ2) is 5.11. The van der Waals surface area contributed by atoms with Gasteiger partial charge in [-0.05, 0) is 37.0 Å². The van der Waals surface area contributed by atoms with Gasteiger partial charge in [-0.25, -0.2) is 0 Å². The van der Waals surface area contributed by atoms with E-state index in [0.29, 0.717) is 10.4 Å². The molecule has 18 heavy (non-hydrogen) atoms. The average molecular weight is 322 g/mol. The molecule has 0 saturated heterocycles. The molecule has 1 saturated carbocycles. The molecule has 0 radical (unpaired) electrons. The third-order valence-corrected chi connectivity index (χ3v) is 3.98. The van der Waals surface area contributed by atoms with Gasteiger partial charge in [-0.15, -0.1) is 0 Å². The fourth-order valence-electron chi connectivity index (χ4n) is 2.44. The smallest absolute Gasteiger partial charge is 0.382 e. The van der Waals surface area contributed by atoms with E-state index in [1.54, 1.807) is 0 Å². The van der Waals surface area contributed by atoms with Crippen LogP contribution in [-0.4, -0.2) is 6.04 Å². The van der Waals surface area contributed by atoms with Crippen molar-refractivity contribution in [2.45, 2.75) is 38.4 Å². The lowest BCUT2D eigenvalue weighted by Gasteiger charge is -2.22. The number of alkyl halides is 3. The lowest BCUT2D eigenvalue weighted by Crippen LogP contribution is -2.23. The van der Waals surface area contributed by atoms with Crippen LogP contribution in [-0.2, 0) is 6.18 Å². The van der Waals surface area contributed by atoms with Crippen molar-refractivity contribution in [2.24, 2.45) is 5.92 Å². The first-order valence-corrected chi connectivity index (χ1v) is 6.80. The number of hydrogen-bond acceptors (Lipinski definition) is 1. The standard InChI is InChI=1S/C13H15BrF3N/c1-8-3-2-4-11(8)18-12-7-9(14)5-6-10(12)13(15,16)17/h5-8,11,18H,2-4H2,1H3. The van der Waals surface area contributed by atoms with Gasteiger partial charge in [0.2, 0.25) is 0 Å². The minimum atomic E-state index is -4.31. The maximum absolute atomic E-state index is 12.9. The molecular weight excluding hydrogens is 307 g/mol. The molecule has 1 fully saturated rings. The maximum Gasteiger partial charge on any atom is 0.418 e. The van der Waals surface area contributed by atoms with Crippen molar-refractivity contribution >= 4 is 21.6 Å². The Kier molecular flexibility index (Phi) is 3.90. The monoisotopic (exact) mass is 321 g/mol. The number of anilines is 1. The van der Waals surface area contributed by atoms with E-state index >= 15 is 0 Å². The number of hydrogen-bond donors (Lipinski definition) is 1. The fourth-order valence-corrected chi connectivity index (χ4v) is 2.80. The number of nitrogens with one attached hydrogen (secondary N) is 1. The third-order valence-electron chi connectivity index (χ3n) is 3.49. The highest BCUT2D eigenvalue weighted by Gasteiger charge is 2.34. The second-order valence-corrected chi connectivity index (χ2v) is 5.76. The highest BCUT2D eigenvalue weighted by molar-refractivity contribution is 9.10. The predicted octanol–water partition coefficient (Wildman–Crippen LogP) is 5.07. The topological polar surface area (TPSA) is 12.0 Å². The Hall–Kier alpha value is -0.710. The van der Waals surface area contributed by atoms with Crippen molar-refractivity contribution in [3.05, 3.63) is 28.2 Å². The Labute approximate surface area is 113 Å². The van der Waals surface area contributed by atoms with Gasteiger partial charge in [0.1, 0.15) is 0 Å². The molecular formula is C13H15BrF3N. The van der Waals surface area contributed by atoms with Crippen LogP contribution in [0.25, 0.3) is 0 Å². The first-order chi connectivity index (χ1) is 8.38. The third kappa shape index (κ3) is 2.99. The zero-order valence-electron chi connectivity index (χ0n) is 10.0. The van der Waals surface area contributed by atoms with Gasteiger partial charge in [-0.1, -0.05) is 29.3 Å². The Bertz CT molecular complexity index is 431. The molecule has 0 spiro atoms. The van der Waals surface area contributed by atoms with Crippen molar-refractivity contribution in [1.82, 2.24) is 0 Å². The van der Waals surface area contributed by atoms with E-state index in [9.17, 15) is 13.2 Å². The molecule has 2 atom stereocenters. The maximum atomic E-state index is 12.9. The summed E-state index contributed by atoms with van der Waals surface area (Å²) in [5, 5.41) is 3.06. The van der Waals surface area contributed by atoms with Crippen LogP contribution in [0.2, 0.25) is 0 Å². The Morgan fingerprint density at radius 1 is 1.28 bits per heavy atom. The SMILES string of the molecule is CC1CCCC1Nc1cc(Br)ccc1C(F)(F)F. The van der Waals surface area contributed by atoms with Gasteiger partial charge in [0.05, 0.1) is 5.56 Å². The number of rotatable bonds is 2. The number of halogens is 4. The van der Waals surface area contributed by atoms with Crippen molar-refractivity contribution in [3.63, 3.8) is 0 Å². The summed E-state index contributed by atoms with van der Waals surface area (Å²) in [6.07, 6.45) is -1.23. The van der Waals surface area contributed by atoms with Crippen LogP contribution in [0.4, 0.5) is 18.9 Å². The quantitative estimate of drug-likeness (QED) is 0.802. The molecule has 0 bridgehead atoms. The van der Waals surface area contributed by atoms with E-state index in [2.05, 4.69) is 28.2 Å². The molecule has 0 aromatic heterocycles. The first kappa shape index (κ1) is 13.7. The molecule has 1 aliphatic rings. The average Bonchev–Trinajstić information content (AvgIpc) is 2.62. The van der Waals surface area contributed by atoms with Crippen LogP contribution < -0.4 is 5.32 Å². The molecule has 2 unspecified atom stereocenters. The normalized spacial score (nSPS) is 24.3. The van der Waals surface area contributed by atoms with E-state index in [0.717, 1.165) is 25.3 Å². The van der Waals surface area contributed by atoms with Crippen LogP contribution in [0.15, 0.2) is 22.7 Å². The van der Waals surface area contributed by atoms with E-state index < -0.39 is 11.7 Å². The van der Waals surface area contributed by atoms with Crippen molar-refractivity contribution in [2.75, 3.05) is 5.32 Å². The van der Waals surface area contributed by atoms with Gasteiger partial charge >= 0.3 is 6.18 Å². The largest absolute Gasteiger partial charge is 0.418 e. The minimum absolute atomic E-state index is 0.139.